The maximum atomic E-state index is 12.5. The molecule has 1 amide bonds. The van der Waals surface area contributed by atoms with Crippen LogP contribution in [0.4, 0.5) is 5.69 Å². The number of carbonyl (C=O) groups excluding carboxylic acids is 2. The molecule has 0 saturated carbocycles. The van der Waals surface area contributed by atoms with Crippen LogP contribution >= 0.6 is 11.3 Å². The molecule has 2 aromatic carbocycles. The van der Waals surface area contributed by atoms with Crippen LogP contribution in [0.2, 0.25) is 0 Å². The van der Waals surface area contributed by atoms with Gasteiger partial charge >= 0.3 is 5.97 Å². The summed E-state index contributed by atoms with van der Waals surface area (Å²) < 4.78 is 5.31. The zero-order valence-electron chi connectivity index (χ0n) is 14.6. The lowest BCUT2D eigenvalue weighted by Gasteiger charge is -2.15. The summed E-state index contributed by atoms with van der Waals surface area (Å²) in [7, 11) is 0. The molecule has 0 spiro atoms. The maximum Gasteiger partial charge on any atom is 0.349 e. The van der Waals surface area contributed by atoms with Gasteiger partial charge in [0.1, 0.15) is 4.88 Å². The van der Waals surface area contributed by atoms with Gasteiger partial charge in [-0.2, -0.15) is 0 Å². The summed E-state index contributed by atoms with van der Waals surface area (Å²) in [6.45, 7) is 3.41. The molecule has 1 atom stereocenters. The minimum atomic E-state index is -0.896. The number of thiophene rings is 1. The minimum Gasteiger partial charge on any atom is -0.448 e. The lowest BCUT2D eigenvalue weighted by atomic mass is 10.0. The van der Waals surface area contributed by atoms with Gasteiger partial charge in [0.15, 0.2) is 6.10 Å². The third kappa shape index (κ3) is 4.00. The van der Waals surface area contributed by atoms with Crippen LogP contribution in [0.25, 0.3) is 11.1 Å². The second-order valence-corrected chi connectivity index (χ2v) is 6.80. The number of amides is 1. The average Bonchev–Trinajstić information content (AvgIpc) is 3.09. The number of rotatable bonds is 5. The van der Waals surface area contributed by atoms with Crippen LogP contribution in [0.1, 0.15) is 22.2 Å². The van der Waals surface area contributed by atoms with Crippen LogP contribution in [0, 0.1) is 6.92 Å². The predicted molar refractivity (Wildman–Crippen MR) is 104 cm³/mol. The molecule has 4 nitrogen and oxygen atoms in total. The third-order valence-electron chi connectivity index (χ3n) is 3.97. The summed E-state index contributed by atoms with van der Waals surface area (Å²) in [4.78, 5) is 25.2. The lowest BCUT2D eigenvalue weighted by molar-refractivity contribution is -0.123. The Morgan fingerprint density at radius 1 is 1.00 bits per heavy atom. The normalized spacial score (nSPS) is 11.6. The van der Waals surface area contributed by atoms with Crippen LogP contribution < -0.4 is 5.32 Å². The Balaban J connectivity index is 1.72. The molecule has 132 valence electrons. The SMILES string of the molecule is Cc1ccsc1C(=O)O[C@@H](C)C(=O)Nc1ccccc1-c1ccccc1. The number of hydrogen-bond acceptors (Lipinski definition) is 4. The third-order valence-corrected chi connectivity index (χ3v) is 4.97. The second kappa shape index (κ2) is 7.97. The van der Waals surface area contributed by atoms with Crippen molar-refractivity contribution in [3.63, 3.8) is 0 Å². The molecule has 1 N–H and O–H groups in total. The van der Waals surface area contributed by atoms with Gasteiger partial charge in [0, 0.05) is 11.3 Å². The Labute approximate surface area is 156 Å². The predicted octanol–water partition coefficient (Wildman–Crippen LogP) is 4.91. The van der Waals surface area contributed by atoms with E-state index in [-0.39, 0.29) is 5.91 Å². The van der Waals surface area contributed by atoms with Gasteiger partial charge in [-0.1, -0.05) is 48.5 Å². The van der Waals surface area contributed by atoms with Gasteiger partial charge in [0.05, 0.1) is 0 Å². The number of carbonyl (C=O) groups is 2. The maximum absolute atomic E-state index is 12.5. The van der Waals surface area contributed by atoms with Crippen LogP contribution in [0.3, 0.4) is 0 Å². The second-order valence-electron chi connectivity index (χ2n) is 5.88. The van der Waals surface area contributed by atoms with Crippen molar-refractivity contribution in [3.05, 3.63) is 76.5 Å². The van der Waals surface area contributed by atoms with E-state index in [4.69, 9.17) is 4.74 Å². The largest absolute Gasteiger partial charge is 0.448 e. The number of esters is 1. The molecule has 0 aliphatic carbocycles. The van der Waals surface area contributed by atoms with E-state index in [2.05, 4.69) is 5.32 Å². The fraction of sp³-hybridized carbons (Fsp3) is 0.143. The molecule has 0 saturated heterocycles. The minimum absolute atomic E-state index is 0.365. The molecule has 5 heteroatoms. The van der Waals surface area contributed by atoms with Crippen molar-refractivity contribution >= 4 is 28.9 Å². The Morgan fingerprint density at radius 3 is 2.38 bits per heavy atom. The molecule has 3 aromatic rings. The first-order chi connectivity index (χ1) is 12.6. The zero-order chi connectivity index (χ0) is 18.5. The molecule has 0 fully saturated rings. The van der Waals surface area contributed by atoms with E-state index in [9.17, 15) is 9.59 Å². The number of nitrogens with one attached hydrogen (secondary N) is 1. The van der Waals surface area contributed by atoms with Crippen molar-refractivity contribution in [2.24, 2.45) is 0 Å². The highest BCUT2D eigenvalue weighted by atomic mass is 32.1. The average molecular weight is 365 g/mol. The lowest BCUT2D eigenvalue weighted by Crippen LogP contribution is -2.30. The number of para-hydroxylation sites is 1. The summed E-state index contributed by atoms with van der Waals surface area (Å²) in [5, 5.41) is 4.69. The fourth-order valence-electron chi connectivity index (χ4n) is 2.55. The molecular weight excluding hydrogens is 346 g/mol. The standard InChI is InChI=1S/C21H19NO3S/c1-14-12-13-26-19(14)21(24)25-15(2)20(23)22-18-11-7-6-10-17(18)16-8-4-3-5-9-16/h3-13,15H,1-2H3,(H,22,23)/t15-/m0/s1. The Hall–Kier alpha value is -2.92. The fourth-order valence-corrected chi connectivity index (χ4v) is 3.35. The van der Waals surface area contributed by atoms with Crippen LogP contribution in [0.5, 0.6) is 0 Å². The zero-order valence-corrected chi connectivity index (χ0v) is 15.4. The topological polar surface area (TPSA) is 55.4 Å². The number of benzene rings is 2. The van der Waals surface area contributed by atoms with E-state index in [1.807, 2.05) is 73.0 Å². The van der Waals surface area contributed by atoms with Gasteiger partial charge in [-0.3, -0.25) is 4.79 Å². The van der Waals surface area contributed by atoms with Gasteiger partial charge in [-0.15, -0.1) is 11.3 Å². The summed E-state index contributed by atoms with van der Waals surface area (Å²) in [6.07, 6.45) is -0.896. The smallest absolute Gasteiger partial charge is 0.349 e. The highest BCUT2D eigenvalue weighted by Crippen LogP contribution is 2.27. The summed E-state index contributed by atoms with van der Waals surface area (Å²) in [5.41, 5.74) is 3.44. The van der Waals surface area contributed by atoms with Crippen molar-refractivity contribution in [1.82, 2.24) is 0 Å². The Kier molecular flexibility index (Phi) is 5.49. The van der Waals surface area contributed by atoms with Gasteiger partial charge in [0.2, 0.25) is 0 Å². The number of hydrogen-bond donors (Lipinski definition) is 1. The van der Waals surface area contributed by atoms with E-state index >= 15 is 0 Å². The van der Waals surface area contributed by atoms with E-state index < -0.39 is 12.1 Å². The van der Waals surface area contributed by atoms with Crippen molar-refractivity contribution in [1.29, 1.82) is 0 Å². The molecule has 0 unspecified atom stereocenters. The first-order valence-corrected chi connectivity index (χ1v) is 9.14. The van der Waals surface area contributed by atoms with Crippen LogP contribution in [-0.4, -0.2) is 18.0 Å². The highest BCUT2D eigenvalue weighted by molar-refractivity contribution is 7.12. The Bertz CT molecular complexity index is 918. The molecular formula is C21H19NO3S. The highest BCUT2D eigenvalue weighted by Gasteiger charge is 2.21. The monoisotopic (exact) mass is 365 g/mol. The Morgan fingerprint density at radius 2 is 1.69 bits per heavy atom. The molecule has 26 heavy (non-hydrogen) atoms. The molecule has 0 bridgehead atoms. The van der Waals surface area contributed by atoms with Crippen LogP contribution in [0.15, 0.2) is 66.0 Å². The van der Waals surface area contributed by atoms with Crippen LogP contribution in [-0.2, 0) is 9.53 Å². The van der Waals surface area contributed by atoms with Gasteiger partial charge in [0.25, 0.3) is 5.91 Å². The van der Waals surface area contributed by atoms with E-state index in [0.29, 0.717) is 10.6 Å². The summed E-state index contributed by atoms with van der Waals surface area (Å²) >= 11 is 1.31. The van der Waals surface area contributed by atoms with Gasteiger partial charge in [-0.25, -0.2) is 4.79 Å². The quantitative estimate of drug-likeness (QED) is 0.654. The van der Waals surface area contributed by atoms with E-state index in [1.165, 1.54) is 11.3 Å². The molecule has 1 aromatic heterocycles. The summed E-state index contributed by atoms with van der Waals surface area (Å²) in [5.74, 6) is -0.840. The number of aryl methyl sites for hydroxylation is 1. The first kappa shape index (κ1) is 17.9. The van der Waals surface area contributed by atoms with E-state index in [0.717, 1.165) is 16.7 Å². The first-order valence-electron chi connectivity index (χ1n) is 8.26. The van der Waals surface area contributed by atoms with Crippen molar-refractivity contribution < 1.29 is 14.3 Å². The molecule has 0 aliphatic heterocycles. The molecule has 0 aliphatic rings. The van der Waals surface area contributed by atoms with E-state index in [1.54, 1.807) is 6.92 Å². The van der Waals surface area contributed by atoms with Crippen molar-refractivity contribution in [2.75, 3.05) is 5.32 Å². The van der Waals surface area contributed by atoms with Crippen molar-refractivity contribution in [3.8, 4) is 11.1 Å². The van der Waals surface area contributed by atoms with Crippen molar-refractivity contribution in [2.45, 2.75) is 20.0 Å². The van der Waals surface area contributed by atoms with Gasteiger partial charge < -0.3 is 10.1 Å². The summed E-state index contributed by atoms with van der Waals surface area (Å²) in [6, 6.07) is 19.2. The molecule has 3 rings (SSSR count). The van der Waals surface area contributed by atoms with Gasteiger partial charge in [-0.05, 0) is 42.5 Å². The number of anilines is 1. The molecule has 0 radical (unpaired) electrons. The molecule has 1 heterocycles. The number of ether oxygens (including phenoxy) is 1.